The van der Waals surface area contributed by atoms with Gasteiger partial charge in [-0.1, -0.05) is 6.07 Å². The molecule has 0 spiro atoms. The van der Waals surface area contributed by atoms with Gasteiger partial charge in [0.15, 0.2) is 0 Å². The van der Waals surface area contributed by atoms with Crippen LogP contribution in [0.3, 0.4) is 0 Å². The fourth-order valence-electron chi connectivity index (χ4n) is 3.48. The van der Waals surface area contributed by atoms with Crippen LogP contribution >= 0.6 is 0 Å². The Morgan fingerprint density at radius 2 is 1.97 bits per heavy atom. The van der Waals surface area contributed by atoms with Gasteiger partial charge < -0.3 is 14.8 Å². The van der Waals surface area contributed by atoms with Crippen LogP contribution in [0.5, 0.6) is 11.5 Å². The van der Waals surface area contributed by atoms with Crippen LogP contribution in [0.25, 0.3) is 0 Å². The van der Waals surface area contributed by atoms with E-state index in [0.717, 1.165) is 36.0 Å². The third-order valence-corrected chi connectivity index (χ3v) is 5.08. The molecule has 1 aromatic heterocycles. The van der Waals surface area contributed by atoms with Gasteiger partial charge in [-0.05, 0) is 18.2 Å². The van der Waals surface area contributed by atoms with E-state index in [1.807, 2.05) is 12.1 Å². The van der Waals surface area contributed by atoms with Crippen molar-refractivity contribution in [2.75, 3.05) is 26.1 Å². The minimum atomic E-state index is -0.567. The van der Waals surface area contributed by atoms with Gasteiger partial charge in [0, 0.05) is 55.5 Å². The molecule has 1 aliphatic heterocycles. The minimum absolute atomic E-state index is 0.411. The van der Waals surface area contributed by atoms with Gasteiger partial charge in [-0.3, -0.25) is 4.90 Å². The summed E-state index contributed by atoms with van der Waals surface area (Å²) in [5, 5.41) is 3.19. The zero-order chi connectivity index (χ0) is 21.1. The fraction of sp³-hybridized carbons (Fsp3) is 0.273. The van der Waals surface area contributed by atoms with E-state index >= 15 is 0 Å². The zero-order valence-electron chi connectivity index (χ0n) is 16.8. The number of halogens is 2. The molecule has 1 aliphatic rings. The maximum atomic E-state index is 14.0. The highest BCUT2D eigenvalue weighted by molar-refractivity contribution is 5.64. The molecule has 0 radical (unpaired) electrons. The van der Waals surface area contributed by atoms with Gasteiger partial charge >= 0.3 is 0 Å². The Morgan fingerprint density at radius 3 is 2.73 bits per heavy atom. The lowest BCUT2D eigenvalue weighted by Gasteiger charge is -2.28. The van der Waals surface area contributed by atoms with E-state index in [0.29, 0.717) is 36.1 Å². The quantitative estimate of drug-likeness (QED) is 0.659. The summed E-state index contributed by atoms with van der Waals surface area (Å²) in [6.45, 7) is 1.75. The highest BCUT2D eigenvalue weighted by Crippen LogP contribution is 2.31. The molecular formula is C22H22F2N4O2. The Hall–Kier alpha value is -3.26. The number of nitrogens with one attached hydrogen (secondary N) is 1. The predicted octanol–water partition coefficient (Wildman–Crippen LogP) is 4.07. The van der Waals surface area contributed by atoms with Gasteiger partial charge in [-0.25, -0.2) is 18.7 Å². The van der Waals surface area contributed by atoms with Gasteiger partial charge in [0.25, 0.3) is 0 Å². The van der Waals surface area contributed by atoms with Crippen molar-refractivity contribution in [1.29, 1.82) is 0 Å². The van der Waals surface area contributed by atoms with E-state index < -0.39 is 11.6 Å². The lowest BCUT2D eigenvalue weighted by molar-refractivity contribution is 0.239. The number of ether oxygens (including phenoxy) is 2. The summed E-state index contributed by atoms with van der Waals surface area (Å²) in [6.07, 6.45) is 2.50. The summed E-state index contributed by atoms with van der Waals surface area (Å²) >= 11 is 0. The first-order chi connectivity index (χ1) is 14.6. The van der Waals surface area contributed by atoms with Crippen LogP contribution < -0.4 is 14.8 Å². The molecule has 0 amide bonds. The molecule has 1 N–H and O–H groups in total. The van der Waals surface area contributed by atoms with Crippen molar-refractivity contribution < 1.29 is 18.3 Å². The first kappa shape index (κ1) is 20.0. The van der Waals surface area contributed by atoms with Crippen molar-refractivity contribution in [1.82, 2.24) is 14.9 Å². The van der Waals surface area contributed by atoms with E-state index in [1.54, 1.807) is 26.5 Å². The van der Waals surface area contributed by atoms with Gasteiger partial charge in [-0.15, -0.1) is 0 Å². The van der Waals surface area contributed by atoms with Crippen LogP contribution in [0, 0.1) is 11.6 Å². The number of rotatable bonds is 6. The average molecular weight is 412 g/mol. The molecule has 0 fully saturated rings. The molecular weight excluding hydrogens is 390 g/mol. The molecule has 156 valence electrons. The van der Waals surface area contributed by atoms with Crippen molar-refractivity contribution in [2.45, 2.75) is 19.5 Å². The SMILES string of the molecule is COc1ccc(Nc2ncc3c(n2)CCN(Cc2ccc(F)cc2F)C3)c(OC)c1. The first-order valence-electron chi connectivity index (χ1n) is 9.56. The largest absolute Gasteiger partial charge is 0.497 e. The number of methoxy groups -OCH3 is 2. The summed E-state index contributed by atoms with van der Waals surface area (Å²) < 4.78 is 37.7. The molecule has 4 rings (SSSR count). The Bertz CT molecular complexity index is 1060. The minimum Gasteiger partial charge on any atom is -0.497 e. The van der Waals surface area contributed by atoms with E-state index in [-0.39, 0.29) is 0 Å². The monoisotopic (exact) mass is 412 g/mol. The molecule has 0 saturated carbocycles. The van der Waals surface area contributed by atoms with Gasteiger partial charge in [0.05, 0.1) is 25.6 Å². The van der Waals surface area contributed by atoms with Crippen molar-refractivity contribution in [2.24, 2.45) is 0 Å². The second kappa shape index (κ2) is 8.62. The highest BCUT2D eigenvalue weighted by Gasteiger charge is 2.20. The van der Waals surface area contributed by atoms with E-state index in [2.05, 4.69) is 20.2 Å². The first-order valence-corrected chi connectivity index (χ1v) is 9.56. The zero-order valence-corrected chi connectivity index (χ0v) is 16.8. The number of benzene rings is 2. The molecule has 8 heteroatoms. The molecule has 0 bridgehead atoms. The lowest BCUT2D eigenvalue weighted by Crippen LogP contribution is -2.31. The Morgan fingerprint density at radius 1 is 1.10 bits per heavy atom. The molecule has 0 unspecified atom stereocenters. The number of aromatic nitrogens is 2. The van der Waals surface area contributed by atoms with Crippen molar-refractivity contribution in [3.63, 3.8) is 0 Å². The molecule has 6 nitrogen and oxygen atoms in total. The molecule has 3 aromatic rings. The van der Waals surface area contributed by atoms with Gasteiger partial charge in [0.1, 0.15) is 23.1 Å². The normalized spacial score (nSPS) is 13.6. The van der Waals surface area contributed by atoms with E-state index in [1.165, 1.54) is 12.1 Å². The van der Waals surface area contributed by atoms with Gasteiger partial charge in [-0.2, -0.15) is 0 Å². The summed E-state index contributed by atoms with van der Waals surface area (Å²) in [5.74, 6) is 0.715. The Kier molecular flexibility index (Phi) is 5.76. The highest BCUT2D eigenvalue weighted by atomic mass is 19.1. The number of fused-ring (bicyclic) bond motifs is 1. The van der Waals surface area contributed by atoms with E-state index in [9.17, 15) is 8.78 Å². The molecule has 2 heterocycles. The average Bonchev–Trinajstić information content (AvgIpc) is 2.76. The number of hydrogen-bond acceptors (Lipinski definition) is 6. The van der Waals surface area contributed by atoms with E-state index in [4.69, 9.17) is 9.47 Å². The molecule has 2 aromatic carbocycles. The third-order valence-electron chi connectivity index (χ3n) is 5.08. The number of nitrogens with zero attached hydrogens (tertiary/aromatic N) is 3. The second-order valence-corrected chi connectivity index (χ2v) is 7.05. The number of anilines is 2. The lowest BCUT2D eigenvalue weighted by atomic mass is 10.1. The molecule has 0 aliphatic carbocycles. The van der Waals surface area contributed by atoms with Crippen LogP contribution in [-0.2, 0) is 19.5 Å². The Balaban J connectivity index is 1.47. The van der Waals surface area contributed by atoms with Crippen LogP contribution in [-0.4, -0.2) is 35.6 Å². The summed E-state index contributed by atoms with van der Waals surface area (Å²) in [4.78, 5) is 11.2. The van der Waals surface area contributed by atoms with Crippen LogP contribution in [0.2, 0.25) is 0 Å². The Labute approximate surface area is 173 Å². The fourth-order valence-corrected chi connectivity index (χ4v) is 3.48. The molecule has 30 heavy (non-hydrogen) atoms. The van der Waals surface area contributed by atoms with Crippen LogP contribution in [0.15, 0.2) is 42.6 Å². The standard InChI is InChI=1S/C22H22F2N4O2/c1-29-17-5-6-20(21(10-17)30-2)27-22-25-11-15-13-28(8-7-19(15)26-22)12-14-3-4-16(23)9-18(14)24/h3-6,9-11H,7-8,12-13H2,1-2H3,(H,25,26,27). The molecule has 0 atom stereocenters. The topological polar surface area (TPSA) is 59.5 Å². The van der Waals surface area contributed by atoms with Crippen molar-refractivity contribution >= 4 is 11.6 Å². The summed E-state index contributed by atoms with van der Waals surface area (Å²) in [6, 6.07) is 9.15. The van der Waals surface area contributed by atoms with Crippen molar-refractivity contribution in [3.8, 4) is 11.5 Å². The maximum Gasteiger partial charge on any atom is 0.227 e. The van der Waals surface area contributed by atoms with Crippen LogP contribution in [0.1, 0.15) is 16.8 Å². The third kappa shape index (κ3) is 4.33. The summed E-state index contributed by atoms with van der Waals surface area (Å²) in [7, 11) is 3.19. The maximum absolute atomic E-state index is 14.0. The molecule has 0 saturated heterocycles. The van der Waals surface area contributed by atoms with Gasteiger partial charge in [0.2, 0.25) is 5.95 Å². The second-order valence-electron chi connectivity index (χ2n) is 7.05. The van der Waals surface area contributed by atoms with Crippen LogP contribution in [0.4, 0.5) is 20.4 Å². The summed E-state index contributed by atoms with van der Waals surface area (Å²) in [5.41, 5.74) is 3.17. The van der Waals surface area contributed by atoms with Crippen molar-refractivity contribution in [3.05, 3.63) is 71.1 Å². The predicted molar refractivity (Wildman–Crippen MR) is 109 cm³/mol. The smallest absolute Gasteiger partial charge is 0.227 e. The number of hydrogen-bond donors (Lipinski definition) is 1.